The third kappa shape index (κ3) is 3.89. The summed E-state index contributed by atoms with van der Waals surface area (Å²) in [5.74, 6) is 1.54. The molecule has 21 heavy (non-hydrogen) atoms. The summed E-state index contributed by atoms with van der Waals surface area (Å²) >= 11 is 6.74. The lowest BCUT2D eigenvalue weighted by Gasteiger charge is -2.13. The van der Waals surface area contributed by atoms with Crippen LogP contribution in [-0.2, 0) is 6.61 Å². The number of thiocarbonyl (C=S) groups is 1. The number of hydrogen-bond donors (Lipinski definition) is 1. The van der Waals surface area contributed by atoms with E-state index in [4.69, 9.17) is 27.4 Å². The van der Waals surface area contributed by atoms with Crippen molar-refractivity contribution in [1.82, 2.24) is 0 Å². The third-order valence-electron chi connectivity index (χ3n) is 3.01. The van der Waals surface area contributed by atoms with E-state index in [2.05, 4.69) is 0 Å². The molecule has 0 radical (unpaired) electrons. The number of hydrogen-bond acceptors (Lipinski definition) is 4. The Bertz CT molecular complexity index is 627. The second-order valence-corrected chi connectivity index (χ2v) is 5.62. The Morgan fingerprint density at radius 1 is 1.19 bits per heavy atom. The van der Waals surface area contributed by atoms with E-state index in [1.54, 1.807) is 18.9 Å². The number of nitrogens with two attached hydrogens (primary N) is 1. The molecule has 0 aliphatic heterocycles. The summed E-state index contributed by atoms with van der Waals surface area (Å²) in [6.45, 7) is 0.456. The molecule has 0 saturated carbocycles. The predicted molar refractivity (Wildman–Crippen MR) is 91.4 cm³/mol. The van der Waals surface area contributed by atoms with Gasteiger partial charge in [0.25, 0.3) is 0 Å². The molecule has 2 N–H and O–H groups in total. The number of ether oxygens (including phenoxy) is 2. The molecule has 0 amide bonds. The summed E-state index contributed by atoms with van der Waals surface area (Å²) in [6, 6.07) is 13.6. The monoisotopic (exact) mass is 319 g/mol. The Kier molecular flexibility index (Phi) is 5.47. The molecule has 0 heterocycles. The lowest BCUT2D eigenvalue weighted by Crippen LogP contribution is -2.13. The van der Waals surface area contributed by atoms with Gasteiger partial charge in [-0.1, -0.05) is 30.4 Å². The Labute approximate surface area is 134 Å². The zero-order valence-electron chi connectivity index (χ0n) is 12.0. The molecule has 0 unspecified atom stereocenters. The molecule has 2 aromatic carbocycles. The van der Waals surface area contributed by atoms with Crippen molar-refractivity contribution < 1.29 is 9.47 Å². The van der Waals surface area contributed by atoms with Crippen molar-refractivity contribution >= 4 is 29.0 Å². The van der Waals surface area contributed by atoms with Crippen LogP contribution < -0.4 is 15.2 Å². The lowest BCUT2D eigenvalue weighted by molar-refractivity contribution is 0.304. The fourth-order valence-corrected chi connectivity index (χ4v) is 2.83. The molecule has 0 atom stereocenters. The molecule has 5 heteroatoms. The molecule has 2 aromatic rings. The van der Waals surface area contributed by atoms with Crippen LogP contribution in [0.25, 0.3) is 0 Å². The van der Waals surface area contributed by atoms with Gasteiger partial charge in [-0.25, -0.2) is 0 Å². The average molecular weight is 319 g/mol. The van der Waals surface area contributed by atoms with E-state index in [-0.39, 0.29) is 0 Å². The first-order valence-electron chi connectivity index (χ1n) is 6.38. The summed E-state index contributed by atoms with van der Waals surface area (Å²) in [6.07, 6.45) is 1.99. The van der Waals surface area contributed by atoms with E-state index in [1.807, 2.05) is 48.7 Å². The van der Waals surface area contributed by atoms with Crippen LogP contribution in [0, 0.1) is 0 Å². The summed E-state index contributed by atoms with van der Waals surface area (Å²) < 4.78 is 11.0. The molecule has 0 bridgehead atoms. The van der Waals surface area contributed by atoms with Gasteiger partial charge in [-0.15, -0.1) is 11.8 Å². The Morgan fingerprint density at radius 3 is 2.48 bits per heavy atom. The average Bonchev–Trinajstić information content (AvgIpc) is 2.52. The van der Waals surface area contributed by atoms with Gasteiger partial charge in [0.15, 0.2) is 0 Å². The largest absolute Gasteiger partial charge is 0.497 e. The van der Waals surface area contributed by atoms with Crippen molar-refractivity contribution in [2.75, 3.05) is 13.4 Å². The van der Waals surface area contributed by atoms with E-state index in [0.29, 0.717) is 17.3 Å². The highest BCUT2D eigenvalue weighted by molar-refractivity contribution is 7.98. The van der Waals surface area contributed by atoms with Gasteiger partial charge in [-0.2, -0.15) is 0 Å². The van der Waals surface area contributed by atoms with Crippen LogP contribution in [0.3, 0.4) is 0 Å². The molecule has 0 aliphatic rings. The Morgan fingerprint density at radius 2 is 1.90 bits per heavy atom. The van der Waals surface area contributed by atoms with Gasteiger partial charge in [0.2, 0.25) is 0 Å². The zero-order valence-corrected chi connectivity index (χ0v) is 13.6. The second-order valence-electron chi connectivity index (χ2n) is 4.33. The van der Waals surface area contributed by atoms with Crippen LogP contribution in [0.1, 0.15) is 11.1 Å². The van der Waals surface area contributed by atoms with Crippen LogP contribution in [0.2, 0.25) is 0 Å². The first-order valence-corrected chi connectivity index (χ1v) is 8.01. The van der Waals surface area contributed by atoms with E-state index in [1.165, 1.54) is 0 Å². The molecule has 110 valence electrons. The van der Waals surface area contributed by atoms with E-state index < -0.39 is 0 Å². The minimum atomic E-state index is 0.352. The summed E-state index contributed by atoms with van der Waals surface area (Å²) in [5.41, 5.74) is 7.67. The number of benzene rings is 2. The first kappa shape index (κ1) is 15.7. The standard InChI is InChI=1S/C16H17NO2S2/c1-18-12-8-6-11(7-9-12)10-19-13-4-3-5-14(21-2)15(13)16(17)20/h3-9H,10H2,1-2H3,(H2,17,20). The van der Waals surface area contributed by atoms with Gasteiger partial charge in [-0.05, 0) is 36.1 Å². The molecule has 0 aromatic heterocycles. The van der Waals surface area contributed by atoms with Gasteiger partial charge < -0.3 is 15.2 Å². The highest BCUT2D eigenvalue weighted by Gasteiger charge is 2.11. The smallest absolute Gasteiger partial charge is 0.131 e. The van der Waals surface area contributed by atoms with Crippen LogP contribution in [0.15, 0.2) is 47.4 Å². The minimum absolute atomic E-state index is 0.352. The van der Waals surface area contributed by atoms with Gasteiger partial charge >= 0.3 is 0 Å². The van der Waals surface area contributed by atoms with Crippen LogP contribution in [-0.4, -0.2) is 18.4 Å². The van der Waals surface area contributed by atoms with Crippen molar-refractivity contribution in [1.29, 1.82) is 0 Å². The Hall–Kier alpha value is -1.72. The van der Waals surface area contributed by atoms with Gasteiger partial charge in [0, 0.05) is 4.90 Å². The molecule has 2 rings (SSSR count). The van der Waals surface area contributed by atoms with Crippen molar-refractivity contribution in [3.05, 3.63) is 53.6 Å². The molecule has 0 aliphatic carbocycles. The molecular formula is C16H17NO2S2. The van der Waals surface area contributed by atoms with Crippen molar-refractivity contribution in [2.24, 2.45) is 5.73 Å². The zero-order chi connectivity index (χ0) is 15.2. The maximum atomic E-state index is 5.88. The molecule has 0 spiro atoms. The van der Waals surface area contributed by atoms with E-state index >= 15 is 0 Å². The molecule has 0 fully saturated rings. The molecule has 0 saturated heterocycles. The molecule has 3 nitrogen and oxygen atoms in total. The third-order valence-corrected chi connectivity index (χ3v) is 3.99. The quantitative estimate of drug-likeness (QED) is 0.650. The number of methoxy groups -OCH3 is 1. The van der Waals surface area contributed by atoms with Crippen LogP contribution in [0.4, 0.5) is 0 Å². The van der Waals surface area contributed by atoms with Gasteiger partial charge in [0.1, 0.15) is 23.1 Å². The normalized spacial score (nSPS) is 10.2. The SMILES string of the molecule is COc1ccc(COc2cccc(SC)c2C(N)=S)cc1. The van der Waals surface area contributed by atoms with E-state index in [9.17, 15) is 0 Å². The summed E-state index contributed by atoms with van der Waals surface area (Å²) in [4.78, 5) is 1.37. The lowest BCUT2D eigenvalue weighted by atomic mass is 10.2. The maximum Gasteiger partial charge on any atom is 0.131 e. The van der Waals surface area contributed by atoms with E-state index in [0.717, 1.165) is 21.8 Å². The van der Waals surface area contributed by atoms with Crippen molar-refractivity contribution in [3.8, 4) is 11.5 Å². The predicted octanol–water partition coefficient (Wildman–Crippen LogP) is 3.63. The van der Waals surface area contributed by atoms with Crippen molar-refractivity contribution in [2.45, 2.75) is 11.5 Å². The highest BCUT2D eigenvalue weighted by atomic mass is 32.2. The van der Waals surface area contributed by atoms with Crippen LogP contribution >= 0.6 is 24.0 Å². The fourth-order valence-electron chi connectivity index (χ4n) is 1.93. The first-order chi connectivity index (χ1) is 10.2. The van der Waals surface area contributed by atoms with Crippen molar-refractivity contribution in [3.63, 3.8) is 0 Å². The van der Waals surface area contributed by atoms with Crippen LogP contribution in [0.5, 0.6) is 11.5 Å². The summed E-state index contributed by atoms with van der Waals surface area (Å²) in [5, 5.41) is 0. The fraction of sp³-hybridized carbons (Fsp3) is 0.188. The molecular weight excluding hydrogens is 302 g/mol. The number of thioether (sulfide) groups is 1. The number of rotatable bonds is 6. The Balaban J connectivity index is 2.17. The summed E-state index contributed by atoms with van der Waals surface area (Å²) in [7, 11) is 1.65. The second kappa shape index (κ2) is 7.33. The van der Waals surface area contributed by atoms with Gasteiger partial charge in [-0.3, -0.25) is 0 Å². The topological polar surface area (TPSA) is 44.5 Å². The minimum Gasteiger partial charge on any atom is -0.497 e. The highest BCUT2D eigenvalue weighted by Crippen LogP contribution is 2.29. The van der Waals surface area contributed by atoms with Gasteiger partial charge in [0.05, 0.1) is 12.7 Å². The maximum absolute atomic E-state index is 5.88.